The van der Waals surface area contributed by atoms with E-state index in [1.165, 1.54) is 32.4 Å². The molecule has 2 nitrogen and oxygen atoms in total. The molecule has 0 fully saturated rings. The first-order valence-corrected chi connectivity index (χ1v) is 19.1. The average molecular weight is 1010 g/mol. The quantitative estimate of drug-likeness (QED) is 0.334. The van der Waals surface area contributed by atoms with Crippen LogP contribution in [0.1, 0.15) is 19.3 Å². The summed E-state index contributed by atoms with van der Waals surface area (Å²) in [5.41, 5.74) is 0. The minimum atomic E-state index is 0.728. The molecule has 0 spiro atoms. The first-order chi connectivity index (χ1) is 5.13. The molecule has 0 radical (unpaired) electrons. The first kappa shape index (κ1) is 16.8. The van der Waals surface area contributed by atoms with Gasteiger partial charge >= 0.3 is 197 Å². The van der Waals surface area contributed by atoms with E-state index < -0.39 is 0 Å². The Morgan fingerprint density at radius 2 is 1.00 bits per heavy atom. The molecule has 0 atom stereocenters. The van der Waals surface area contributed by atoms with Crippen molar-refractivity contribution in [3.63, 3.8) is 0 Å². The predicted molar refractivity (Wildman–Crippen MR) is 32.8 cm³/mol. The van der Waals surface area contributed by atoms with Gasteiger partial charge in [0.05, 0.1) is 0 Å². The third-order valence-electron chi connectivity index (χ3n) is 1.71. The number of hydrogen-bond acceptors (Lipinski definition) is 2. The molecule has 0 rings (SSSR count). The topological polar surface area (TPSA) is 6.48 Å². The van der Waals surface area contributed by atoms with E-state index in [9.17, 15) is 0 Å². The summed E-state index contributed by atoms with van der Waals surface area (Å²) in [6, 6.07) is 0. The molecule has 0 unspecified atom stereocenters. The Balaban J connectivity index is 2.91. The van der Waals surface area contributed by atoms with Crippen molar-refractivity contribution in [3.8, 4) is 0 Å². The molecular formula is C5H14N2Ra4. The zero-order valence-corrected chi connectivity index (χ0v) is 41.3. The summed E-state index contributed by atoms with van der Waals surface area (Å²) in [5, 5.41) is 0. The van der Waals surface area contributed by atoms with E-state index in [2.05, 4.69) is -8.07 Å². The van der Waals surface area contributed by atoms with E-state index in [4.69, 9.17) is 0 Å². The molecule has 0 aliphatic rings. The fourth-order valence-corrected chi connectivity index (χ4v) is 6.23. The van der Waals surface area contributed by atoms with Gasteiger partial charge in [-0.15, -0.1) is 0 Å². The molecule has 0 aromatic heterocycles. The Morgan fingerprint density at radius 3 is 1.27 bits per heavy atom. The van der Waals surface area contributed by atoms with Crippen LogP contribution in [-0.2, 0) is 0 Å². The minimum absolute atomic E-state index is 0.728. The molecule has 0 saturated heterocycles. The van der Waals surface area contributed by atoms with Crippen molar-refractivity contribution < 1.29 is 173 Å². The average Bonchev–Trinajstić information content (AvgIpc) is 1.85. The predicted octanol–water partition coefficient (Wildman–Crippen LogP) is -0.453. The van der Waals surface area contributed by atoms with Crippen molar-refractivity contribution in [1.29, 1.82) is 0 Å². The molecule has 0 bridgehead atoms. The maximum atomic E-state index is 2.73. The second kappa shape index (κ2) is 12.3. The van der Waals surface area contributed by atoms with Gasteiger partial charge in [0.15, 0.2) is 0 Å². The van der Waals surface area contributed by atoms with Crippen LogP contribution in [0, 0.1) is 173 Å². The Morgan fingerprint density at radius 1 is 0.636 bits per heavy atom. The monoisotopic (exact) mass is 1010 g/mol. The van der Waals surface area contributed by atoms with Crippen LogP contribution in [-0.4, -0.2) is 5.02 Å². The van der Waals surface area contributed by atoms with Gasteiger partial charge in [-0.3, -0.25) is 0 Å². The molecule has 0 aliphatic heterocycles. The van der Waals surface area contributed by atoms with Gasteiger partial charge in [-0.2, -0.15) is 0 Å². The molecule has 0 saturated carbocycles. The summed E-state index contributed by atoms with van der Waals surface area (Å²) in [4.78, 5) is 0. The van der Waals surface area contributed by atoms with Crippen molar-refractivity contribution in [2.24, 2.45) is 0 Å². The van der Waals surface area contributed by atoms with Gasteiger partial charge in [-0.05, 0) is 0 Å². The molecule has 0 aliphatic carbocycles. The van der Waals surface area contributed by atoms with Crippen molar-refractivity contribution >= 4 is 0 Å². The van der Waals surface area contributed by atoms with E-state index in [-0.39, 0.29) is 0 Å². The molecule has 52 valence electrons. The van der Waals surface area contributed by atoms with Gasteiger partial charge in [0.1, 0.15) is 0 Å². The van der Waals surface area contributed by atoms with Crippen LogP contribution in [0.25, 0.3) is 0 Å². The van der Waals surface area contributed by atoms with Crippen molar-refractivity contribution in [1.82, 2.24) is -8.07 Å². The van der Waals surface area contributed by atoms with Crippen LogP contribution in [0.2, 0.25) is 0 Å². The van der Waals surface area contributed by atoms with E-state index in [0.717, 1.165) is 173 Å². The number of rotatable bonds is 6. The molecule has 0 aromatic rings. The van der Waals surface area contributed by atoms with Crippen LogP contribution in [0.3, 0.4) is 0 Å². The Hall–Kier alpha value is 5.79. The third kappa shape index (κ3) is 15.8. The number of hydrogen-bond donors (Lipinski definition) is 0. The zero-order valence-electron chi connectivity index (χ0n) is 8.43. The van der Waals surface area contributed by atoms with Crippen LogP contribution in [0.5, 0.6) is 0 Å². The Kier molecular flexibility index (Phi) is 18.7. The van der Waals surface area contributed by atoms with Gasteiger partial charge < -0.3 is 0 Å². The molecule has 0 heterocycles. The summed E-state index contributed by atoms with van der Waals surface area (Å²) in [6.07, 6.45) is 4.50. The van der Waals surface area contributed by atoms with Crippen LogP contribution >= 0.6 is 0 Å². The van der Waals surface area contributed by atoms with E-state index >= 15 is 0 Å². The number of unbranched alkanes of at least 4 members (excludes halogenated alkanes) is 2. The molecule has 0 N–H and O–H groups in total. The normalized spacial score (nSPS) is 10.7. The summed E-state index contributed by atoms with van der Waals surface area (Å²) < 4.78 is 5.47. The zero-order chi connectivity index (χ0) is 8.69. The summed E-state index contributed by atoms with van der Waals surface area (Å²) in [7, 11) is 0. The second-order valence-corrected chi connectivity index (χ2v) is 89.2. The van der Waals surface area contributed by atoms with Crippen LogP contribution in [0.15, 0.2) is 0 Å². The van der Waals surface area contributed by atoms with E-state index in [1.54, 1.807) is 0 Å². The van der Waals surface area contributed by atoms with Crippen molar-refractivity contribution in [2.45, 2.75) is 19.3 Å². The molecule has 11 heavy (non-hydrogen) atoms. The van der Waals surface area contributed by atoms with Crippen LogP contribution < -0.4 is 0 Å². The molecule has 0 amide bonds. The van der Waals surface area contributed by atoms with Crippen LogP contribution in [0.4, 0.5) is 0 Å². The summed E-state index contributed by atoms with van der Waals surface area (Å²) >= 11 is 2.91. The summed E-state index contributed by atoms with van der Waals surface area (Å²) in [5.74, 6) is 0. The fourth-order valence-electron chi connectivity index (χ4n) is 1.03. The third-order valence-corrected chi connectivity index (χ3v) is 9.06. The maximum absolute atomic E-state index is 2.73. The molecule has 0 aromatic carbocycles. The van der Waals surface area contributed by atoms with Gasteiger partial charge in [-0.25, -0.2) is 0 Å². The van der Waals surface area contributed by atoms with E-state index in [1.807, 2.05) is 0 Å². The van der Waals surface area contributed by atoms with Gasteiger partial charge in [0.2, 0.25) is 0 Å². The fraction of sp³-hybridized carbons (Fsp3) is 1.00. The van der Waals surface area contributed by atoms with Gasteiger partial charge in [-0.1, -0.05) is 0 Å². The van der Waals surface area contributed by atoms with Crippen molar-refractivity contribution in [3.05, 3.63) is 0 Å². The summed E-state index contributed by atoms with van der Waals surface area (Å²) in [6.45, 7) is 2.94. The SMILES string of the molecule is [RaH][N]([RaH])CCCCC[N]([RaH])[RaH]. The second-order valence-electron chi connectivity index (χ2n) is 3.67. The van der Waals surface area contributed by atoms with Crippen molar-refractivity contribution in [2.75, 3.05) is 13.1 Å². The molecular weight excluding hydrogens is 992 g/mol. The number of nitrogens with zero attached hydrogens (tertiary/aromatic N) is 2. The molecule has 6 heteroatoms. The Bertz CT molecular complexity index is 78.6. The van der Waals surface area contributed by atoms with Gasteiger partial charge in [0, 0.05) is 0 Å². The standard InChI is InChI=1S/C5H10N2.4Ra.4H/c6-4-2-1-3-5-7;;;;;;;;/h1-5H2;;;;;;;;. The van der Waals surface area contributed by atoms with Gasteiger partial charge in [0.25, 0.3) is 0 Å². The first-order valence-electron chi connectivity index (χ1n) is 4.42. The van der Waals surface area contributed by atoms with E-state index in [0.29, 0.717) is 0 Å². The Labute approximate surface area is 190 Å².